The van der Waals surface area contributed by atoms with Gasteiger partial charge in [-0.25, -0.2) is 8.42 Å². The zero-order valence-corrected chi connectivity index (χ0v) is 8.93. The number of nitrogens with zero attached hydrogens (tertiary/aromatic N) is 1. The van der Waals surface area contributed by atoms with Crippen molar-refractivity contribution in [2.45, 2.75) is 18.6 Å². The lowest BCUT2D eigenvalue weighted by molar-refractivity contribution is 0.565. The van der Waals surface area contributed by atoms with E-state index in [1.54, 1.807) is 24.4 Å². The summed E-state index contributed by atoms with van der Waals surface area (Å²) in [5.41, 5.74) is 0.449. The standard InChI is InChI=1S/C8H10ClNO2S/c1-8(2,13(9,11)12)7-5-3-4-6-10-7/h3-6H,1-2H3. The van der Waals surface area contributed by atoms with E-state index < -0.39 is 13.8 Å². The van der Waals surface area contributed by atoms with Gasteiger partial charge in [0, 0.05) is 16.9 Å². The molecule has 72 valence electrons. The van der Waals surface area contributed by atoms with E-state index in [2.05, 4.69) is 4.98 Å². The molecule has 1 heterocycles. The molecule has 0 aliphatic rings. The van der Waals surface area contributed by atoms with Crippen molar-refractivity contribution in [1.82, 2.24) is 4.98 Å². The Morgan fingerprint density at radius 1 is 1.38 bits per heavy atom. The molecule has 0 fully saturated rings. The van der Waals surface area contributed by atoms with Gasteiger partial charge in [-0.1, -0.05) is 6.07 Å². The van der Waals surface area contributed by atoms with Gasteiger partial charge in [0.05, 0.1) is 5.69 Å². The minimum Gasteiger partial charge on any atom is -0.260 e. The number of hydrogen-bond donors (Lipinski definition) is 0. The summed E-state index contributed by atoms with van der Waals surface area (Å²) in [4.78, 5) is 3.95. The largest absolute Gasteiger partial charge is 0.260 e. The Morgan fingerprint density at radius 2 is 2.00 bits per heavy atom. The van der Waals surface area contributed by atoms with E-state index in [0.29, 0.717) is 5.69 Å². The predicted molar refractivity (Wildman–Crippen MR) is 52.0 cm³/mol. The smallest absolute Gasteiger partial charge is 0.243 e. The van der Waals surface area contributed by atoms with E-state index >= 15 is 0 Å². The molecule has 0 atom stereocenters. The van der Waals surface area contributed by atoms with E-state index in [1.165, 1.54) is 13.8 Å². The monoisotopic (exact) mass is 219 g/mol. The van der Waals surface area contributed by atoms with Gasteiger partial charge < -0.3 is 0 Å². The van der Waals surface area contributed by atoms with Crippen molar-refractivity contribution in [2.75, 3.05) is 0 Å². The predicted octanol–water partition coefficient (Wildman–Crippen LogP) is 1.89. The van der Waals surface area contributed by atoms with Gasteiger partial charge in [0.1, 0.15) is 4.75 Å². The Bertz CT molecular complexity index is 386. The summed E-state index contributed by atoms with van der Waals surface area (Å²) in [6, 6.07) is 5.09. The molecule has 0 aliphatic carbocycles. The fourth-order valence-corrected chi connectivity index (χ4v) is 1.45. The van der Waals surface area contributed by atoms with Crippen LogP contribution in [0.4, 0.5) is 0 Å². The molecule has 0 unspecified atom stereocenters. The second-order valence-electron chi connectivity index (χ2n) is 3.16. The second kappa shape index (κ2) is 3.27. The first kappa shape index (κ1) is 10.5. The molecule has 0 amide bonds. The number of rotatable bonds is 2. The van der Waals surface area contributed by atoms with E-state index in [-0.39, 0.29) is 0 Å². The lowest BCUT2D eigenvalue weighted by Crippen LogP contribution is -2.25. The van der Waals surface area contributed by atoms with Crippen molar-refractivity contribution in [2.24, 2.45) is 0 Å². The summed E-state index contributed by atoms with van der Waals surface area (Å²) >= 11 is 0. The summed E-state index contributed by atoms with van der Waals surface area (Å²) in [6.07, 6.45) is 1.54. The van der Waals surface area contributed by atoms with Crippen LogP contribution in [0, 0.1) is 0 Å². The van der Waals surface area contributed by atoms with Crippen LogP contribution < -0.4 is 0 Å². The average molecular weight is 220 g/mol. The topological polar surface area (TPSA) is 47.0 Å². The van der Waals surface area contributed by atoms with E-state index in [1.807, 2.05) is 0 Å². The molecule has 1 aromatic heterocycles. The number of aromatic nitrogens is 1. The van der Waals surface area contributed by atoms with E-state index in [9.17, 15) is 8.42 Å². The van der Waals surface area contributed by atoms with Crippen molar-refractivity contribution >= 4 is 19.7 Å². The zero-order chi connectivity index (χ0) is 10.1. The first-order chi connectivity index (χ1) is 5.86. The molecule has 0 aromatic carbocycles. The first-order valence-electron chi connectivity index (χ1n) is 3.71. The van der Waals surface area contributed by atoms with Gasteiger partial charge >= 0.3 is 0 Å². The van der Waals surface area contributed by atoms with Crippen molar-refractivity contribution in [3.05, 3.63) is 30.1 Å². The van der Waals surface area contributed by atoms with Crippen LogP contribution in [0.25, 0.3) is 0 Å². The lowest BCUT2D eigenvalue weighted by atomic mass is 10.1. The minimum absolute atomic E-state index is 0.449. The molecule has 0 aliphatic heterocycles. The van der Waals surface area contributed by atoms with Crippen LogP contribution in [0.5, 0.6) is 0 Å². The molecule has 0 saturated heterocycles. The Morgan fingerprint density at radius 3 is 2.38 bits per heavy atom. The molecule has 0 radical (unpaired) electrons. The number of pyridine rings is 1. The van der Waals surface area contributed by atoms with Crippen LogP contribution >= 0.6 is 10.7 Å². The van der Waals surface area contributed by atoms with Crippen LogP contribution in [0.3, 0.4) is 0 Å². The van der Waals surface area contributed by atoms with Gasteiger partial charge in [-0.15, -0.1) is 0 Å². The van der Waals surface area contributed by atoms with Gasteiger partial charge in [0.25, 0.3) is 0 Å². The van der Waals surface area contributed by atoms with Crippen molar-refractivity contribution in [1.29, 1.82) is 0 Å². The van der Waals surface area contributed by atoms with Gasteiger partial charge in [0.15, 0.2) is 0 Å². The first-order valence-corrected chi connectivity index (χ1v) is 6.02. The molecule has 1 rings (SSSR count). The zero-order valence-electron chi connectivity index (χ0n) is 7.36. The van der Waals surface area contributed by atoms with Crippen LogP contribution in [0.1, 0.15) is 19.5 Å². The lowest BCUT2D eigenvalue weighted by Gasteiger charge is -2.19. The molecular weight excluding hydrogens is 210 g/mol. The van der Waals surface area contributed by atoms with E-state index in [0.717, 1.165) is 0 Å². The summed E-state index contributed by atoms with van der Waals surface area (Å²) in [5, 5.41) is 0. The fourth-order valence-electron chi connectivity index (χ4n) is 0.844. The third-order valence-corrected chi connectivity index (χ3v) is 4.48. The fraction of sp³-hybridized carbons (Fsp3) is 0.375. The van der Waals surface area contributed by atoms with Crippen molar-refractivity contribution < 1.29 is 8.42 Å². The van der Waals surface area contributed by atoms with Crippen LogP contribution in [0.15, 0.2) is 24.4 Å². The molecule has 0 N–H and O–H groups in total. The molecular formula is C8H10ClNO2S. The van der Waals surface area contributed by atoms with Gasteiger partial charge in [-0.05, 0) is 26.0 Å². The van der Waals surface area contributed by atoms with Gasteiger partial charge in [-0.2, -0.15) is 0 Å². The highest BCUT2D eigenvalue weighted by molar-refractivity contribution is 8.14. The maximum Gasteiger partial charge on any atom is 0.243 e. The third-order valence-electron chi connectivity index (χ3n) is 1.89. The molecule has 0 spiro atoms. The Hall–Kier alpha value is -0.610. The Kier molecular flexibility index (Phi) is 2.63. The number of hydrogen-bond acceptors (Lipinski definition) is 3. The highest BCUT2D eigenvalue weighted by Crippen LogP contribution is 2.30. The highest BCUT2D eigenvalue weighted by Gasteiger charge is 2.35. The quantitative estimate of drug-likeness (QED) is 0.714. The third kappa shape index (κ3) is 2.00. The maximum absolute atomic E-state index is 11.2. The summed E-state index contributed by atoms with van der Waals surface area (Å²) in [5.74, 6) is 0. The molecule has 0 saturated carbocycles. The van der Waals surface area contributed by atoms with Gasteiger partial charge in [0.2, 0.25) is 9.05 Å². The maximum atomic E-state index is 11.2. The molecule has 3 nitrogen and oxygen atoms in total. The van der Waals surface area contributed by atoms with E-state index in [4.69, 9.17) is 10.7 Å². The summed E-state index contributed by atoms with van der Waals surface area (Å²) in [7, 11) is 1.65. The van der Waals surface area contributed by atoms with Crippen molar-refractivity contribution in [3.8, 4) is 0 Å². The minimum atomic E-state index is -3.65. The molecule has 0 bridgehead atoms. The Labute approximate surface area is 82.2 Å². The number of halogens is 1. The molecule has 13 heavy (non-hydrogen) atoms. The molecule has 1 aromatic rings. The SMILES string of the molecule is CC(C)(c1ccccn1)S(=O)(=O)Cl. The van der Waals surface area contributed by atoms with Crippen LogP contribution in [-0.4, -0.2) is 13.4 Å². The summed E-state index contributed by atoms with van der Waals surface area (Å²) < 4.78 is 21.2. The normalized spacial score (nSPS) is 12.8. The summed E-state index contributed by atoms with van der Waals surface area (Å²) in [6.45, 7) is 3.05. The molecule has 5 heteroatoms. The highest BCUT2D eigenvalue weighted by atomic mass is 35.7. The second-order valence-corrected chi connectivity index (χ2v) is 6.28. The van der Waals surface area contributed by atoms with Gasteiger partial charge in [-0.3, -0.25) is 4.98 Å². The van der Waals surface area contributed by atoms with Crippen LogP contribution in [0.2, 0.25) is 0 Å². The Balaban J connectivity index is 3.24. The van der Waals surface area contributed by atoms with Crippen molar-refractivity contribution in [3.63, 3.8) is 0 Å². The van der Waals surface area contributed by atoms with Crippen LogP contribution in [-0.2, 0) is 13.8 Å². The average Bonchev–Trinajstić information content (AvgIpc) is 2.04.